The van der Waals surface area contributed by atoms with Crippen molar-refractivity contribution in [1.29, 1.82) is 0 Å². The van der Waals surface area contributed by atoms with E-state index in [-0.39, 0.29) is 17.4 Å². The summed E-state index contributed by atoms with van der Waals surface area (Å²) in [6.45, 7) is 12.6. The van der Waals surface area contributed by atoms with E-state index in [1.54, 1.807) is 12.1 Å². The zero-order chi connectivity index (χ0) is 43.9. The zero-order valence-electron chi connectivity index (χ0n) is 37.4. The smallest absolute Gasteiger partial charge is 0.410 e. The van der Waals surface area contributed by atoms with Crippen LogP contribution < -0.4 is 14.8 Å². The molecule has 0 aliphatic heterocycles. The Balaban J connectivity index is 1.04. The molecule has 3 aromatic carbocycles. The molecule has 9 nitrogen and oxygen atoms in total. The van der Waals surface area contributed by atoms with E-state index in [1.807, 2.05) is 68.3 Å². The van der Waals surface area contributed by atoms with Gasteiger partial charge >= 0.3 is 12.1 Å². The van der Waals surface area contributed by atoms with Gasteiger partial charge in [-0.3, -0.25) is 4.98 Å². The third kappa shape index (κ3) is 10.9. The molecule has 3 aliphatic rings. The molecule has 0 bridgehead atoms. The van der Waals surface area contributed by atoms with Crippen LogP contribution in [0.2, 0.25) is 5.02 Å². The van der Waals surface area contributed by atoms with Crippen molar-refractivity contribution < 1.29 is 28.9 Å². The number of carbonyl (C=O) groups is 2. The van der Waals surface area contributed by atoms with Crippen LogP contribution in [0.1, 0.15) is 126 Å². The highest BCUT2D eigenvalue weighted by Crippen LogP contribution is 2.57. The molecule has 332 valence electrons. The van der Waals surface area contributed by atoms with E-state index in [9.17, 15) is 14.7 Å². The molecule has 0 saturated heterocycles. The van der Waals surface area contributed by atoms with Gasteiger partial charge in [0.25, 0.3) is 0 Å². The Morgan fingerprint density at radius 3 is 2.50 bits per heavy atom. The number of hydrogen-bond donors (Lipinski definition) is 2. The lowest BCUT2D eigenvalue weighted by Crippen LogP contribution is -2.53. The molecule has 3 aliphatic carbocycles. The average Bonchev–Trinajstić information content (AvgIpc) is 3.52. The number of aromatic nitrogens is 1. The number of rotatable bonds is 17. The van der Waals surface area contributed by atoms with Crippen LogP contribution in [0, 0.1) is 11.8 Å². The first kappa shape index (κ1) is 45.3. The fourth-order valence-electron chi connectivity index (χ4n) is 10.3. The maximum Gasteiger partial charge on any atom is 0.410 e. The number of ether oxygens (including phenoxy) is 3. The van der Waals surface area contributed by atoms with Crippen LogP contribution in [-0.4, -0.2) is 64.5 Å². The number of halogens is 1. The maximum atomic E-state index is 13.2. The molecule has 1 aromatic heterocycles. The van der Waals surface area contributed by atoms with E-state index in [4.69, 9.17) is 25.8 Å². The SMILES string of the molecule is C[C@@H](COc1ccnc2c1[C@H](C)CCC2)C[C@H]1Cc2ccc(OCCCCN(CCc3ccccc3)C(=O)OC(C)(C)C)cc2C12CCC(Nc1cccc(Cl)c1)(C(=O)O)CC2. The zero-order valence-corrected chi connectivity index (χ0v) is 38.1. The summed E-state index contributed by atoms with van der Waals surface area (Å²) in [4.78, 5) is 32.8. The number of benzene rings is 3. The third-order valence-electron chi connectivity index (χ3n) is 13.5. The van der Waals surface area contributed by atoms with Gasteiger partial charge in [-0.25, -0.2) is 9.59 Å². The quantitative estimate of drug-likeness (QED) is 0.101. The van der Waals surface area contributed by atoms with Gasteiger partial charge in [-0.05, 0) is 174 Å². The number of carboxylic acid groups (broad SMARTS) is 1. The standard InChI is InChI=1S/C52H66ClN3O6/c1-36(35-61-46-21-27-54-45-18-11-13-37(2)47(45)46)31-40-32-39-19-20-43(60-30-10-9-28-56(49(59)62-50(3,4)5)29-22-38-14-7-6-8-15-38)34-44(39)51(40)23-25-52(26-24-51,48(57)58)55-42-17-12-16-41(53)33-42/h6-8,12,14-17,19-21,27,33-34,36-37,40,55H,9-11,13,18,22-26,28-32,35H2,1-5H3,(H,57,58)/t36-,37-,40+,51?,52?/m1/s1. The fraction of sp³-hybridized carbons (Fsp3) is 0.519. The number of anilines is 1. The predicted octanol–water partition coefficient (Wildman–Crippen LogP) is 11.8. The summed E-state index contributed by atoms with van der Waals surface area (Å²) < 4.78 is 18.9. The number of unbranched alkanes of at least 4 members (excludes halogenated alkanes) is 1. The molecule has 0 radical (unpaired) electrons. The van der Waals surface area contributed by atoms with Gasteiger partial charge in [-0.2, -0.15) is 0 Å². The molecule has 1 saturated carbocycles. The Labute approximate surface area is 373 Å². The lowest BCUT2D eigenvalue weighted by atomic mass is 9.59. The summed E-state index contributed by atoms with van der Waals surface area (Å²) in [5.74, 6) is 2.02. The van der Waals surface area contributed by atoms with Crippen LogP contribution in [-0.2, 0) is 34.2 Å². The fourth-order valence-corrected chi connectivity index (χ4v) is 10.5. The highest BCUT2D eigenvalue weighted by molar-refractivity contribution is 6.30. The summed E-state index contributed by atoms with van der Waals surface area (Å²) in [6, 6.07) is 26.2. The number of pyridine rings is 1. The van der Waals surface area contributed by atoms with Crippen molar-refractivity contribution in [3.63, 3.8) is 0 Å². The lowest BCUT2D eigenvalue weighted by molar-refractivity contribution is -0.144. The Morgan fingerprint density at radius 2 is 1.76 bits per heavy atom. The van der Waals surface area contributed by atoms with E-state index >= 15 is 0 Å². The minimum atomic E-state index is -1.10. The van der Waals surface area contributed by atoms with Gasteiger partial charge in [0.15, 0.2) is 0 Å². The van der Waals surface area contributed by atoms with Crippen molar-refractivity contribution in [2.45, 2.75) is 134 Å². The first-order valence-corrected chi connectivity index (χ1v) is 23.3. The summed E-state index contributed by atoms with van der Waals surface area (Å²) in [5, 5.41) is 14.7. The average molecular weight is 865 g/mol. The molecule has 1 fully saturated rings. The summed E-state index contributed by atoms with van der Waals surface area (Å²) in [6.07, 6.45) is 11.6. The van der Waals surface area contributed by atoms with Crippen molar-refractivity contribution >= 4 is 29.4 Å². The van der Waals surface area contributed by atoms with Crippen molar-refractivity contribution in [1.82, 2.24) is 9.88 Å². The molecular weight excluding hydrogens is 798 g/mol. The Hall–Kier alpha value is -4.76. The molecule has 10 heteroatoms. The van der Waals surface area contributed by atoms with Crippen LogP contribution >= 0.6 is 11.6 Å². The Kier molecular flexibility index (Phi) is 14.4. The maximum absolute atomic E-state index is 13.2. The van der Waals surface area contributed by atoms with Crippen LogP contribution in [0.15, 0.2) is 85.1 Å². The number of aryl methyl sites for hydroxylation is 1. The minimum absolute atomic E-state index is 0.199. The Bertz CT molecular complexity index is 2150. The topological polar surface area (TPSA) is 110 Å². The number of carbonyl (C=O) groups excluding carboxylic acids is 1. The largest absolute Gasteiger partial charge is 0.494 e. The van der Waals surface area contributed by atoms with Crippen LogP contribution in [0.3, 0.4) is 0 Å². The van der Waals surface area contributed by atoms with Gasteiger partial charge in [-0.1, -0.05) is 67.9 Å². The summed E-state index contributed by atoms with van der Waals surface area (Å²) in [7, 11) is 0. The molecule has 1 amide bonds. The second-order valence-corrected chi connectivity index (χ2v) is 19.7. The number of nitrogens with one attached hydrogen (secondary N) is 1. The first-order chi connectivity index (χ1) is 29.7. The van der Waals surface area contributed by atoms with E-state index in [2.05, 4.69) is 54.5 Å². The van der Waals surface area contributed by atoms with Crippen molar-refractivity contribution in [3.8, 4) is 11.5 Å². The molecule has 1 spiro atoms. The monoisotopic (exact) mass is 863 g/mol. The number of nitrogens with zero attached hydrogens (tertiary/aromatic N) is 2. The van der Waals surface area contributed by atoms with E-state index in [0.717, 1.165) is 75.0 Å². The van der Waals surface area contributed by atoms with Gasteiger partial charge in [0.2, 0.25) is 0 Å². The molecule has 2 N–H and O–H groups in total. The number of aliphatic carboxylic acids is 1. The van der Waals surface area contributed by atoms with Crippen LogP contribution in [0.5, 0.6) is 11.5 Å². The van der Waals surface area contributed by atoms with Crippen molar-refractivity contribution in [2.24, 2.45) is 11.8 Å². The van der Waals surface area contributed by atoms with Gasteiger partial charge in [0.05, 0.1) is 13.2 Å². The summed E-state index contributed by atoms with van der Waals surface area (Å²) in [5.41, 5.74) is 5.11. The third-order valence-corrected chi connectivity index (χ3v) is 13.8. The number of amides is 1. The molecule has 0 unspecified atom stereocenters. The molecule has 7 rings (SSSR count). The first-order valence-electron chi connectivity index (χ1n) is 22.9. The number of hydrogen-bond acceptors (Lipinski definition) is 7. The van der Waals surface area contributed by atoms with Gasteiger partial charge in [0, 0.05) is 41.3 Å². The lowest BCUT2D eigenvalue weighted by Gasteiger charge is -2.47. The second kappa shape index (κ2) is 19.7. The second-order valence-electron chi connectivity index (χ2n) is 19.3. The molecule has 4 aromatic rings. The summed E-state index contributed by atoms with van der Waals surface area (Å²) >= 11 is 6.33. The number of carboxylic acids is 1. The van der Waals surface area contributed by atoms with Crippen molar-refractivity contribution in [2.75, 3.05) is 31.6 Å². The van der Waals surface area contributed by atoms with Crippen LogP contribution in [0.25, 0.3) is 0 Å². The Morgan fingerprint density at radius 1 is 0.968 bits per heavy atom. The highest BCUT2D eigenvalue weighted by Gasteiger charge is 2.54. The normalized spacial score (nSPS) is 22.3. The van der Waals surface area contributed by atoms with Crippen LogP contribution in [0.4, 0.5) is 10.5 Å². The van der Waals surface area contributed by atoms with E-state index in [1.165, 1.54) is 34.4 Å². The van der Waals surface area contributed by atoms with Gasteiger partial charge < -0.3 is 29.5 Å². The van der Waals surface area contributed by atoms with E-state index < -0.39 is 17.1 Å². The molecule has 1 heterocycles. The molecule has 3 atom stereocenters. The predicted molar refractivity (Wildman–Crippen MR) is 247 cm³/mol. The van der Waals surface area contributed by atoms with Gasteiger partial charge in [0.1, 0.15) is 22.6 Å². The minimum Gasteiger partial charge on any atom is -0.494 e. The number of fused-ring (bicyclic) bond motifs is 3. The highest BCUT2D eigenvalue weighted by atomic mass is 35.5. The van der Waals surface area contributed by atoms with Gasteiger partial charge in [-0.15, -0.1) is 0 Å². The van der Waals surface area contributed by atoms with E-state index in [0.29, 0.717) is 56.0 Å². The molecular formula is C52H66ClN3O6. The van der Waals surface area contributed by atoms with Crippen molar-refractivity contribution in [3.05, 3.63) is 118 Å². The molecule has 62 heavy (non-hydrogen) atoms.